The van der Waals surface area contributed by atoms with Crippen molar-refractivity contribution >= 4 is 17.9 Å². The predicted molar refractivity (Wildman–Crippen MR) is 99.8 cm³/mol. The van der Waals surface area contributed by atoms with Gasteiger partial charge in [0, 0.05) is 6.08 Å². The van der Waals surface area contributed by atoms with Gasteiger partial charge in [0.2, 0.25) is 0 Å². The van der Waals surface area contributed by atoms with Crippen LogP contribution < -0.4 is 0 Å². The summed E-state index contributed by atoms with van der Waals surface area (Å²) in [6, 6.07) is 16.6. The maximum Gasteiger partial charge on any atom is 0.386 e. The van der Waals surface area contributed by atoms with E-state index in [4.69, 9.17) is 0 Å². The minimum absolute atomic E-state index is 0.318. The first-order chi connectivity index (χ1) is 13.1. The van der Waals surface area contributed by atoms with Crippen LogP contribution in [-0.4, -0.2) is 24.5 Å². The third kappa shape index (κ3) is 9.02. The molecule has 0 amide bonds. The van der Waals surface area contributed by atoms with E-state index in [1.54, 1.807) is 60.7 Å². The number of benzene rings is 2. The van der Waals surface area contributed by atoms with E-state index in [9.17, 15) is 14.4 Å². The summed E-state index contributed by atoms with van der Waals surface area (Å²) in [7, 11) is 0. The van der Waals surface area contributed by atoms with Crippen LogP contribution in [0.2, 0.25) is 0 Å². The molecule has 0 heterocycles. The summed E-state index contributed by atoms with van der Waals surface area (Å²) in [5.41, 5.74) is 0.636. The fourth-order valence-corrected chi connectivity index (χ4v) is 1.70. The fraction of sp³-hybridized carbons (Fsp3) is 0.190. The van der Waals surface area contributed by atoms with E-state index in [0.29, 0.717) is 17.7 Å². The molecule has 0 atom stereocenters. The highest BCUT2D eigenvalue weighted by Gasteiger charge is 2.12. The minimum atomic E-state index is -0.708. The van der Waals surface area contributed by atoms with Gasteiger partial charge in [0.1, 0.15) is 0 Å². The van der Waals surface area contributed by atoms with Crippen LogP contribution in [-0.2, 0) is 19.3 Å². The van der Waals surface area contributed by atoms with Gasteiger partial charge in [-0.1, -0.05) is 56.3 Å². The average Bonchev–Trinajstić information content (AvgIpc) is 2.73. The first-order valence-electron chi connectivity index (χ1n) is 8.41. The molecule has 6 nitrogen and oxygen atoms in total. The molecule has 0 unspecified atom stereocenters. The maximum atomic E-state index is 11.5. The Balaban J connectivity index is 0.000000345. The number of ether oxygens (including phenoxy) is 1. The van der Waals surface area contributed by atoms with Crippen LogP contribution in [0, 0.1) is 0 Å². The minimum Gasteiger partial charge on any atom is -0.463 e. The monoisotopic (exact) mass is 370 g/mol. The van der Waals surface area contributed by atoms with Crippen molar-refractivity contribution in [2.75, 3.05) is 6.61 Å². The molecule has 2 aromatic carbocycles. The summed E-state index contributed by atoms with van der Waals surface area (Å²) in [4.78, 5) is 42.2. The molecule has 142 valence electrons. The second kappa shape index (κ2) is 12.9. The molecule has 0 spiro atoms. The third-order valence-corrected chi connectivity index (χ3v) is 3.12. The zero-order chi connectivity index (χ0) is 19.9. The van der Waals surface area contributed by atoms with E-state index in [0.717, 1.165) is 12.8 Å². The molecule has 27 heavy (non-hydrogen) atoms. The van der Waals surface area contributed by atoms with Crippen molar-refractivity contribution in [3.63, 3.8) is 0 Å². The Kier molecular flexibility index (Phi) is 10.3. The Morgan fingerprint density at radius 1 is 0.852 bits per heavy atom. The number of hydrogen-bond acceptors (Lipinski definition) is 6. The molecule has 0 aromatic heterocycles. The topological polar surface area (TPSA) is 78.9 Å². The zero-order valence-electron chi connectivity index (χ0n) is 15.1. The molecule has 2 aromatic rings. The molecule has 0 radical (unpaired) electrons. The normalized spacial score (nSPS) is 9.22. The Bertz CT molecular complexity index is 673. The van der Waals surface area contributed by atoms with E-state index in [2.05, 4.69) is 21.1 Å². The summed E-state index contributed by atoms with van der Waals surface area (Å²) < 4.78 is 4.67. The van der Waals surface area contributed by atoms with Crippen molar-refractivity contribution in [1.82, 2.24) is 0 Å². The van der Waals surface area contributed by atoms with E-state index >= 15 is 0 Å². The summed E-state index contributed by atoms with van der Waals surface area (Å²) in [6.45, 7) is 5.82. The van der Waals surface area contributed by atoms with Crippen LogP contribution in [0.5, 0.6) is 0 Å². The van der Waals surface area contributed by atoms with Crippen LogP contribution in [0.4, 0.5) is 0 Å². The number of carbonyl (C=O) groups is 3. The zero-order valence-corrected chi connectivity index (χ0v) is 15.1. The lowest BCUT2D eigenvalue weighted by Gasteiger charge is -2.02. The van der Waals surface area contributed by atoms with Crippen LogP contribution in [0.3, 0.4) is 0 Å². The summed E-state index contributed by atoms with van der Waals surface area (Å²) in [5.74, 6) is -1.75. The summed E-state index contributed by atoms with van der Waals surface area (Å²) in [6.07, 6.45) is 3.15. The van der Waals surface area contributed by atoms with Gasteiger partial charge in [-0.15, -0.1) is 0 Å². The highest BCUT2D eigenvalue weighted by molar-refractivity contribution is 5.92. The van der Waals surface area contributed by atoms with Crippen molar-refractivity contribution in [3.8, 4) is 0 Å². The number of hydrogen-bond donors (Lipinski definition) is 0. The lowest BCUT2D eigenvalue weighted by atomic mass is 10.2. The van der Waals surface area contributed by atoms with Crippen molar-refractivity contribution < 1.29 is 28.9 Å². The quantitative estimate of drug-likeness (QED) is 0.250. The second-order valence-corrected chi connectivity index (χ2v) is 5.20. The molecule has 0 N–H and O–H groups in total. The van der Waals surface area contributed by atoms with Gasteiger partial charge in [-0.25, -0.2) is 24.2 Å². The second-order valence-electron chi connectivity index (χ2n) is 5.20. The van der Waals surface area contributed by atoms with Crippen molar-refractivity contribution in [2.45, 2.75) is 19.8 Å². The Hall–Kier alpha value is -3.41. The molecular formula is C21H22O6. The number of unbranched alkanes of at least 4 members (excludes halogenated alkanes) is 1. The molecule has 0 aliphatic rings. The van der Waals surface area contributed by atoms with Gasteiger partial charge in [-0.3, -0.25) is 0 Å². The van der Waals surface area contributed by atoms with Crippen LogP contribution >= 0.6 is 0 Å². The van der Waals surface area contributed by atoms with E-state index in [1.165, 1.54) is 6.08 Å². The van der Waals surface area contributed by atoms with Crippen molar-refractivity contribution in [2.24, 2.45) is 0 Å². The summed E-state index contributed by atoms with van der Waals surface area (Å²) >= 11 is 0. The number of esters is 1. The Labute approximate surface area is 158 Å². The van der Waals surface area contributed by atoms with Crippen molar-refractivity contribution in [3.05, 3.63) is 84.4 Å². The van der Waals surface area contributed by atoms with E-state index < -0.39 is 11.9 Å². The van der Waals surface area contributed by atoms with Crippen molar-refractivity contribution in [1.29, 1.82) is 0 Å². The maximum absolute atomic E-state index is 11.5. The van der Waals surface area contributed by atoms with Crippen LogP contribution in [0.15, 0.2) is 73.3 Å². The molecule has 0 saturated carbocycles. The predicted octanol–water partition coefficient (Wildman–Crippen LogP) is 4.13. The van der Waals surface area contributed by atoms with Gasteiger partial charge in [-0.05, 0) is 30.7 Å². The van der Waals surface area contributed by atoms with Gasteiger partial charge in [-0.2, -0.15) is 0 Å². The van der Waals surface area contributed by atoms with Gasteiger partial charge in [0.25, 0.3) is 0 Å². The highest BCUT2D eigenvalue weighted by Crippen LogP contribution is 2.05. The SMILES string of the molecule is C=CC(=O)OCCCC.O=C(OOC(=O)c1ccccc1)c1ccccc1. The van der Waals surface area contributed by atoms with Crippen LogP contribution in [0.1, 0.15) is 40.5 Å². The van der Waals surface area contributed by atoms with Gasteiger partial charge in [0.15, 0.2) is 0 Å². The smallest absolute Gasteiger partial charge is 0.386 e. The molecule has 0 bridgehead atoms. The Morgan fingerprint density at radius 3 is 1.67 bits per heavy atom. The fourth-order valence-electron chi connectivity index (χ4n) is 1.70. The molecule has 6 heteroatoms. The number of carbonyl (C=O) groups excluding carboxylic acids is 3. The lowest BCUT2D eigenvalue weighted by Crippen LogP contribution is -2.11. The summed E-state index contributed by atoms with van der Waals surface area (Å²) in [5, 5.41) is 0. The first kappa shape index (κ1) is 21.6. The van der Waals surface area contributed by atoms with Gasteiger partial charge in [0.05, 0.1) is 17.7 Å². The standard InChI is InChI=1S/C14H10O4.C7H12O2/c15-13(11-7-3-1-4-8-11)17-18-14(16)12-9-5-2-6-10-12;1-3-5-6-9-7(8)4-2/h1-10H;4H,2-3,5-6H2,1H3. The lowest BCUT2D eigenvalue weighted by molar-refractivity contribution is -0.187. The highest BCUT2D eigenvalue weighted by atomic mass is 17.2. The molecule has 0 fully saturated rings. The average molecular weight is 370 g/mol. The number of rotatable bonds is 6. The Morgan fingerprint density at radius 2 is 1.30 bits per heavy atom. The molecular weight excluding hydrogens is 348 g/mol. The van der Waals surface area contributed by atoms with E-state index in [1.807, 2.05) is 6.92 Å². The van der Waals surface area contributed by atoms with Gasteiger partial charge < -0.3 is 4.74 Å². The third-order valence-electron chi connectivity index (χ3n) is 3.12. The van der Waals surface area contributed by atoms with Crippen LogP contribution in [0.25, 0.3) is 0 Å². The molecule has 0 aliphatic heterocycles. The molecule has 0 saturated heterocycles. The largest absolute Gasteiger partial charge is 0.463 e. The first-order valence-corrected chi connectivity index (χ1v) is 8.41. The molecule has 2 rings (SSSR count). The van der Waals surface area contributed by atoms with E-state index in [-0.39, 0.29) is 5.97 Å². The van der Waals surface area contributed by atoms with Gasteiger partial charge >= 0.3 is 17.9 Å². The molecule has 0 aliphatic carbocycles.